The Morgan fingerprint density at radius 2 is 2.23 bits per heavy atom. The molecule has 6 nitrogen and oxygen atoms in total. The van der Waals surface area contributed by atoms with Gasteiger partial charge in [0.15, 0.2) is 0 Å². The Hall–Kier alpha value is -1.96. The van der Waals surface area contributed by atoms with E-state index in [1.807, 2.05) is 47.0 Å². The van der Waals surface area contributed by atoms with Crippen LogP contribution in [0.2, 0.25) is 0 Å². The first-order valence-corrected chi connectivity index (χ1v) is 7.76. The number of aliphatic hydroxyl groups is 1. The molecule has 7 heteroatoms. The van der Waals surface area contributed by atoms with Crippen molar-refractivity contribution >= 4 is 22.4 Å². The molecule has 0 radical (unpaired) electrons. The minimum Gasteiger partial charge on any atom is -0.495 e. The molecule has 0 aliphatic carbocycles. The predicted octanol–water partition coefficient (Wildman–Crippen LogP) is 1.91. The Morgan fingerprint density at radius 1 is 1.36 bits per heavy atom. The maximum Gasteiger partial charge on any atom is 0.246 e. The first-order chi connectivity index (χ1) is 10.7. The van der Waals surface area contributed by atoms with Gasteiger partial charge in [-0.05, 0) is 30.7 Å². The van der Waals surface area contributed by atoms with Gasteiger partial charge in [0, 0.05) is 18.1 Å². The molecule has 0 aliphatic rings. The van der Waals surface area contributed by atoms with Crippen LogP contribution >= 0.6 is 11.5 Å². The van der Waals surface area contributed by atoms with E-state index in [9.17, 15) is 0 Å². The number of ether oxygens (including phenoxy) is 1. The van der Waals surface area contributed by atoms with Crippen LogP contribution in [0.1, 0.15) is 5.01 Å². The number of rotatable bonds is 6. The van der Waals surface area contributed by atoms with Gasteiger partial charge in [-0.2, -0.15) is 4.37 Å². The molecule has 0 saturated heterocycles. The summed E-state index contributed by atoms with van der Waals surface area (Å²) in [5.41, 5.74) is 0.970. The van der Waals surface area contributed by atoms with Crippen molar-refractivity contribution in [1.29, 1.82) is 0 Å². The molecular formula is C15H18N4O2S. The summed E-state index contributed by atoms with van der Waals surface area (Å²) in [6.45, 7) is 1.44. The minimum atomic E-state index is 0.140. The number of fused-ring (bicyclic) bond motifs is 1. The monoisotopic (exact) mass is 318 g/mol. The fraction of sp³-hybridized carbons (Fsp3) is 0.333. The van der Waals surface area contributed by atoms with E-state index in [1.165, 1.54) is 11.5 Å². The maximum absolute atomic E-state index is 8.95. The third kappa shape index (κ3) is 2.83. The molecule has 3 aromatic rings. The zero-order valence-corrected chi connectivity index (χ0v) is 13.4. The van der Waals surface area contributed by atoms with Crippen molar-refractivity contribution in [3.63, 3.8) is 0 Å². The molecule has 1 N–H and O–H groups in total. The molecule has 0 aliphatic heterocycles. The van der Waals surface area contributed by atoms with E-state index in [4.69, 9.17) is 9.84 Å². The molecule has 0 saturated carbocycles. The summed E-state index contributed by atoms with van der Waals surface area (Å²) < 4.78 is 11.8. The number of methoxy groups -OCH3 is 1. The van der Waals surface area contributed by atoms with Gasteiger partial charge in [-0.3, -0.25) is 9.47 Å². The predicted molar refractivity (Wildman–Crippen MR) is 86.7 cm³/mol. The topological polar surface area (TPSA) is 63.4 Å². The summed E-state index contributed by atoms with van der Waals surface area (Å²) in [5, 5.41) is 11.0. The fourth-order valence-corrected chi connectivity index (χ4v) is 3.10. The van der Waals surface area contributed by atoms with E-state index >= 15 is 0 Å². The van der Waals surface area contributed by atoms with Gasteiger partial charge in [0.2, 0.25) is 5.95 Å². The number of nitrogens with zero attached hydrogens (tertiary/aromatic N) is 4. The quantitative estimate of drug-likeness (QED) is 0.752. The van der Waals surface area contributed by atoms with Crippen molar-refractivity contribution < 1.29 is 9.84 Å². The third-order valence-electron chi connectivity index (χ3n) is 3.45. The molecule has 0 spiro atoms. The Morgan fingerprint density at radius 3 is 3.00 bits per heavy atom. The van der Waals surface area contributed by atoms with Crippen LogP contribution in [-0.4, -0.2) is 51.2 Å². The Balaban J connectivity index is 1.93. The summed E-state index contributed by atoms with van der Waals surface area (Å²) in [4.78, 5) is 6.60. The number of hydrogen-bond donors (Lipinski definition) is 1. The van der Waals surface area contributed by atoms with Gasteiger partial charge in [0.25, 0.3) is 0 Å². The van der Waals surface area contributed by atoms with E-state index in [2.05, 4.69) is 9.36 Å². The molecule has 0 unspecified atom stereocenters. The molecule has 0 fully saturated rings. The highest BCUT2D eigenvalue weighted by atomic mass is 32.1. The van der Waals surface area contributed by atoms with Crippen molar-refractivity contribution in [2.24, 2.45) is 0 Å². The fourth-order valence-electron chi connectivity index (χ4n) is 2.38. The largest absolute Gasteiger partial charge is 0.495 e. The lowest BCUT2D eigenvalue weighted by molar-refractivity contribution is 0.217. The summed E-state index contributed by atoms with van der Waals surface area (Å²) in [6, 6.07) is 7.96. The highest BCUT2D eigenvalue weighted by molar-refractivity contribution is 7.05. The molecule has 2 aromatic heterocycles. The molecule has 0 bridgehead atoms. The molecular weight excluding hydrogens is 300 g/mol. The van der Waals surface area contributed by atoms with Gasteiger partial charge >= 0.3 is 0 Å². The van der Waals surface area contributed by atoms with Gasteiger partial charge in [0.05, 0.1) is 25.8 Å². The van der Waals surface area contributed by atoms with Crippen LogP contribution in [0.15, 0.2) is 30.5 Å². The molecule has 1 aromatic carbocycles. The lowest BCUT2D eigenvalue weighted by atomic mass is 10.2. The molecule has 2 heterocycles. The molecule has 3 rings (SSSR count). The summed E-state index contributed by atoms with van der Waals surface area (Å²) >= 11 is 1.38. The SMILES string of the molecule is COc1cccc2ccn(-c3nsc(CN(C)CCO)n3)c12. The van der Waals surface area contributed by atoms with Crippen LogP contribution in [0.25, 0.3) is 16.9 Å². The van der Waals surface area contributed by atoms with Crippen molar-refractivity contribution in [2.75, 3.05) is 27.3 Å². The number of aromatic nitrogens is 3. The Bertz CT molecular complexity index is 768. The highest BCUT2D eigenvalue weighted by Gasteiger charge is 2.13. The summed E-state index contributed by atoms with van der Waals surface area (Å²) in [5.74, 6) is 1.45. The third-order valence-corrected chi connectivity index (χ3v) is 4.14. The van der Waals surface area contributed by atoms with E-state index in [0.717, 1.165) is 21.7 Å². The van der Waals surface area contributed by atoms with Crippen molar-refractivity contribution in [2.45, 2.75) is 6.54 Å². The van der Waals surface area contributed by atoms with Crippen LogP contribution < -0.4 is 4.74 Å². The molecule has 0 atom stereocenters. The number of benzene rings is 1. The Kier molecular flexibility index (Phi) is 4.37. The van der Waals surface area contributed by atoms with Gasteiger partial charge < -0.3 is 9.84 Å². The van der Waals surface area contributed by atoms with E-state index in [-0.39, 0.29) is 6.61 Å². The van der Waals surface area contributed by atoms with Crippen LogP contribution in [0.5, 0.6) is 5.75 Å². The molecule has 116 valence electrons. The van der Waals surface area contributed by atoms with Gasteiger partial charge in [-0.1, -0.05) is 12.1 Å². The average Bonchev–Trinajstić information content (AvgIpc) is 3.13. The van der Waals surface area contributed by atoms with Gasteiger partial charge in [-0.15, -0.1) is 0 Å². The second-order valence-corrected chi connectivity index (χ2v) is 5.87. The number of aliphatic hydroxyl groups excluding tert-OH is 1. The van der Waals surface area contributed by atoms with Crippen LogP contribution in [0, 0.1) is 0 Å². The highest BCUT2D eigenvalue weighted by Crippen LogP contribution is 2.28. The number of hydrogen-bond acceptors (Lipinski definition) is 6. The average molecular weight is 318 g/mol. The van der Waals surface area contributed by atoms with Crippen molar-refractivity contribution in [3.05, 3.63) is 35.5 Å². The van der Waals surface area contributed by atoms with E-state index in [1.54, 1.807) is 7.11 Å². The normalized spacial score (nSPS) is 11.5. The first-order valence-electron chi connectivity index (χ1n) is 6.99. The van der Waals surface area contributed by atoms with Gasteiger partial charge in [-0.25, -0.2) is 4.98 Å². The smallest absolute Gasteiger partial charge is 0.246 e. The standard InChI is InChI=1S/C15H18N4O2S/c1-18(8-9-20)10-13-16-15(17-22-13)19-7-6-11-4-3-5-12(21-2)14(11)19/h3-7,20H,8-10H2,1-2H3. The lowest BCUT2D eigenvalue weighted by Crippen LogP contribution is -2.21. The number of para-hydroxylation sites is 1. The maximum atomic E-state index is 8.95. The lowest BCUT2D eigenvalue weighted by Gasteiger charge is -2.11. The van der Waals surface area contributed by atoms with E-state index < -0.39 is 0 Å². The van der Waals surface area contributed by atoms with Crippen molar-refractivity contribution in [3.8, 4) is 11.7 Å². The van der Waals surface area contributed by atoms with Crippen LogP contribution in [-0.2, 0) is 6.54 Å². The molecule has 0 amide bonds. The van der Waals surface area contributed by atoms with Crippen LogP contribution in [0.4, 0.5) is 0 Å². The summed E-state index contributed by atoms with van der Waals surface area (Å²) in [6.07, 6.45) is 1.95. The molecule has 22 heavy (non-hydrogen) atoms. The first kappa shape index (κ1) is 15.0. The van der Waals surface area contributed by atoms with Crippen molar-refractivity contribution in [1.82, 2.24) is 18.8 Å². The second kappa shape index (κ2) is 6.43. The van der Waals surface area contributed by atoms with Gasteiger partial charge in [0.1, 0.15) is 10.8 Å². The zero-order chi connectivity index (χ0) is 15.5. The Labute approximate surface area is 132 Å². The summed E-state index contributed by atoms with van der Waals surface area (Å²) in [7, 11) is 3.61. The number of likely N-dealkylation sites (N-methyl/N-ethyl adjacent to an activating group) is 1. The second-order valence-electron chi connectivity index (χ2n) is 5.03. The minimum absolute atomic E-state index is 0.140. The van der Waals surface area contributed by atoms with E-state index in [0.29, 0.717) is 19.0 Å². The zero-order valence-electron chi connectivity index (χ0n) is 12.6. The van der Waals surface area contributed by atoms with Crippen LogP contribution in [0.3, 0.4) is 0 Å².